The van der Waals surface area contributed by atoms with Gasteiger partial charge in [0, 0.05) is 25.4 Å². The maximum atomic E-state index is 11.3. The molecule has 0 fully saturated rings. The predicted molar refractivity (Wildman–Crippen MR) is 108 cm³/mol. The summed E-state index contributed by atoms with van der Waals surface area (Å²) in [5.41, 5.74) is 6.88. The van der Waals surface area contributed by atoms with Gasteiger partial charge in [-0.05, 0) is 35.0 Å². The number of hydrogen-bond donors (Lipinski definition) is 1. The normalized spacial score (nSPS) is 12.4. The largest absolute Gasteiger partial charge is 0.535 e. The minimum absolute atomic E-state index is 0.0613. The van der Waals surface area contributed by atoms with Gasteiger partial charge in [0.1, 0.15) is 12.4 Å². The molecule has 0 saturated carbocycles. The second kappa shape index (κ2) is 9.29. The molecule has 0 aliphatic heterocycles. The molecular weight excluding hydrogens is 434 g/mol. The number of ether oxygens (including phenoxy) is 2. The highest BCUT2D eigenvalue weighted by Gasteiger charge is 2.17. The Morgan fingerprint density at radius 2 is 2.15 bits per heavy atom. The first-order valence-electron chi connectivity index (χ1n) is 8.48. The molecule has 0 aliphatic carbocycles. The average molecular weight is 458 g/mol. The quantitative estimate of drug-likeness (QED) is 0.123. The zero-order valence-corrected chi connectivity index (χ0v) is 18.4. The van der Waals surface area contributed by atoms with Crippen molar-refractivity contribution in [2.24, 2.45) is 10.9 Å². The van der Waals surface area contributed by atoms with E-state index in [0.717, 1.165) is 10.5 Å². The SMILES string of the molecule is CCOC(=O)O/N=C(\N)c1nn(COCC[Si](C)(C)C)c2ncc(Br)cc12. The molecule has 0 unspecified atom stereocenters. The Labute approximate surface area is 167 Å². The van der Waals surface area contributed by atoms with E-state index >= 15 is 0 Å². The minimum Gasteiger partial charge on any atom is -0.433 e. The Morgan fingerprint density at radius 3 is 2.81 bits per heavy atom. The van der Waals surface area contributed by atoms with Crippen molar-refractivity contribution in [1.82, 2.24) is 14.8 Å². The number of halogens is 1. The average Bonchev–Trinajstić information content (AvgIpc) is 2.94. The molecule has 0 saturated heterocycles. The van der Waals surface area contributed by atoms with Gasteiger partial charge in [0.15, 0.2) is 11.5 Å². The fraction of sp³-hybridized carbons (Fsp3) is 0.500. The van der Waals surface area contributed by atoms with Crippen LogP contribution in [0.15, 0.2) is 21.9 Å². The second-order valence-corrected chi connectivity index (χ2v) is 13.5. The number of pyridine rings is 1. The first kappa shape index (κ1) is 21.3. The molecule has 2 N–H and O–H groups in total. The number of hydrogen-bond acceptors (Lipinski definition) is 7. The fourth-order valence-electron chi connectivity index (χ4n) is 2.12. The summed E-state index contributed by atoms with van der Waals surface area (Å²) in [6, 6.07) is 2.87. The van der Waals surface area contributed by atoms with E-state index in [4.69, 9.17) is 10.5 Å². The Bertz CT molecular complexity index is 834. The van der Waals surface area contributed by atoms with Crippen molar-refractivity contribution < 1.29 is 19.1 Å². The summed E-state index contributed by atoms with van der Waals surface area (Å²) >= 11 is 3.38. The third-order valence-electron chi connectivity index (χ3n) is 3.49. The van der Waals surface area contributed by atoms with Crippen LogP contribution in [-0.4, -0.2) is 48.0 Å². The van der Waals surface area contributed by atoms with E-state index in [2.05, 4.69) is 60.4 Å². The second-order valence-electron chi connectivity index (χ2n) is 6.97. The summed E-state index contributed by atoms with van der Waals surface area (Å²) in [6.07, 6.45) is 0.729. The molecule has 11 heteroatoms. The highest BCUT2D eigenvalue weighted by molar-refractivity contribution is 9.10. The monoisotopic (exact) mass is 457 g/mol. The van der Waals surface area contributed by atoms with Crippen LogP contribution in [0.4, 0.5) is 4.79 Å². The summed E-state index contributed by atoms with van der Waals surface area (Å²) < 4.78 is 12.8. The number of carbonyl (C=O) groups excluding carboxylic acids is 1. The van der Waals surface area contributed by atoms with Crippen molar-refractivity contribution in [1.29, 1.82) is 0 Å². The zero-order valence-electron chi connectivity index (χ0n) is 15.9. The van der Waals surface area contributed by atoms with Crippen LogP contribution in [0.3, 0.4) is 0 Å². The standard InChI is InChI=1S/C16H24BrN5O4Si/c1-5-25-16(23)26-21-14(18)13-12-8-11(17)9-19-15(12)22(20-13)10-24-6-7-27(2,3)4/h8-9H,5-7,10H2,1-4H3,(H2,18,21). The number of nitrogens with two attached hydrogens (primary N) is 1. The maximum absolute atomic E-state index is 11.3. The number of carbonyl (C=O) groups is 1. The Hall–Kier alpha value is -1.98. The molecule has 148 valence electrons. The highest BCUT2D eigenvalue weighted by Crippen LogP contribution is 2.21. The summed E-state index contributed by atoms with van der Waals surface area (Å²) in [4.78, 5) is 20.3. The molecule has 27 heavy (non-hydrogen) atoms. The van der Waals surface area contributed by atoms with Crippen LogP contribution in [0.2, 0.25) is 25.7 Å². The lowest BCUT2D eigenvalue weighted by molar-refractivity contribution is 0.0612. The molecule has 2 rings (SSSR count). The number of aromatic nitrogens is 3. The Kier molecular flexibility index (Phi) is 7.33. The van der Waals surface area contributed by atoms with Crippen LogP contribution in [-0.2, 0) is 21.0 Å². The van der Waals surface area contributed by atoms with Gasteiger partial charge < -0.3 is 15.2 Å². The van der Waals surface area contributed by atoms with Gasteiger partial charge in [0.25, 0.3) is 0 Å². The predicted octanol–water partition coefficient (Wildman–Crippen LogP) is 3.30. The molecule has 0 aliphatic rings. The molecule has 9 nitrogen and oxygen atoms in total. The molecule has 0 atom stereocenters. The summed E-state index contributed by atoms with van der Waals surface area (Å²) in [7, 11) is -1.17. The zero-order chi connectivity index (χ0) is 20.0. The molecule has 0 aromatic carbocycles. The molecule has 0 spiro atoms. The summed E-state index contributed by atoms with van der Waals surface area (Å²) in [5, 5.41) is 8.68. The van der Waals surface area contributed by atoms with E-state index in [0.29, 0.717) is 23.3 Å². The van der Waals surface area contributed by atoms with Gasteiger partial charge in [-0.25, -0.2) is 14.5 Å². The van der Waals surface area contributed by atoms with Gasteiger partial charge in [0.05, 0.1) is 12.0 Å². The van der Waals surface area contributed by atoms with Gasteiger partial charge in [-0.2, -0.15) is 5.10 Å². The van der Waals surface area contributed by atoms with Crippen molar-refractivity contribution in [2.75, 3.05) is 13.2 Å². The van der Waals surface area contributed by atoms with Crippen LogP contribution in [0, 0.1) is 0 Å². The van der Waals surface area contributed by atoms with Crippen molar-refractivity contribution in [2.45, 2.75) is 39.3 Å². The molecular formula is C16H24BrN5O4Si. The van der Waals surface area contributed by atoms with Crippen LogP contribution in [0.1, 0.15) is 12.6 Å². The lowest BCUT2D eigenvalue weighted by Gasteiger charge is -2.15. The molecule has 2 heterocycles. The number of oxime groups is 1. The first-order valence-corrected chi connectivity index (χ1v) is 13.0. The molecule has 0 amide bonds. The van der Waals surface area contributed by atoms with Gasteiger partial charge in [-0.15, -0.1) is 0 Å². The highest BCUT2D eigenvalue weighted by atomic mass is 79.9. The first-order chi connectivity index (χ1) is 12.7. The Morgan fingerprint density at radius 1 is 1.41 bits per heavy atom. The van der Waals surface area contributed by atoms with E-state index in [9.17, 15) is 4.79 Å². The van der Waals surface area contributed by atoms with Crippen molar-refractivity contribution in [3.8, 4) is 0 Å². The van der Waals surface area contributed by atoms with E-state index < -0.39 is 14.2 Å². The van der Waals surface area contributed by atoms with Crippen molar-refractivity contribution >= 4 is 47.0 Å². The Balaban J connectivity index is 2.22. The lowest BCUT2D eigenvalue weighted by Crippen LogP contribution is -2.22. The summed E-state index contributed by atoms with van der Waals surface area (Å²) in [5.74, 6) is -0.0613. The smallest absolute Gasteiger partial charge is 0.433 e. The maximum Gasteiger partial charge on any atom is 0.535 e. The van der Waals surface area contributed by atoms with E-state index in [1.807, 2.05) is 6.07 Å². The number of fused-ring (bicyclic) bond motifs is 1. The van der Waals surface area contributed by atoms with Gasteiger partial charge in [-0.1, -0.05) is 24.8 Å². The van der Waals surface area contributed by atoms with Gasteiger partial charge in [0.2, 0.25) is 0 Å². The third-order valence-corrected chi connectivity index (χ3v) is 5.62. The number of rotatable bonds is 8. The topological polar surface area (TPSA) is 114 Å². The van der Waals surface area contributed by atoms with Gasteiger partial charge in [-0.3, -0.25) is 4.84 Å². The third kappa shape index (κ3) is 6.29. The van der Waals surface area contributed by atoms with E-state index in [1.165, 1.54) is 0 Å². The van der Waals surface area contributed by atoms with Crippen molar-refractivity contribution in [3.63, 3.8) is 0 Å². The fourth-order valence-corrected chi connectivity index (χ4v) is 3.20. The lowest BCUT2D eigenvalue weighted by atomic mass is 10.2. The molecule has 2 aromatic rings. The van der Waals surface area contributed by atoms with Crippen LogP contribution < -0.4 is 5.73 Å². The van der Waals surface area contributed by atoms with Crippen LogP contribution in [0.25, 0.3) is 11.0 Å². The molecule has 0 radical (unpaired) electrons. The van der Waals surface area contributed by atoms with Crippen LogP contribution >= 0.6 is 15.9 Å². The van der Waals surface area contributed by atoms with Crippen LogP contribution in [0.5, 0.6) is 0 Å². The van der Waals surface area contributed by atoms with Gasteiger partial charge >= 0.3 is 6.16 Å². The molecule has 0 bridgehead atoms. The number of nitrogens with zero attached hydrogens (tertiary/aromatic N) is 4. The van der Waals surface area contributed by atoms with E-state index in [-0.39, 0.29) is 19.2 Å². The molecule has 2 aromatic heterocycles. The van der Waals surface area contributed by atoms with Crippen molar-refractivity contribution in [3.05, 3.63) is 22.4 Å². The summed E-state index contributed by atoms with van der Waals surface area (Å²) in [6.45, 7) is 9.60. The number of amidine groups is 1. The van der Waals surface area contributed by atoms with E-state index in [1.54, 1.807) is 17.8 Å². The minimum atomic E-state index is -1.17.